The number of thioether (sulfide) groups is 1. The van der Waals surface area contributed by atoms with Crippen LogP contribution in [0.2, 0.25) is 0 Å². The number of carbonyl (C=O) groups excluding carboxylic acids is 1. The zero-order valence-electron chi connectivity index (χ0n) is 12.7. The molecule has 0 saturated heterocycles. The first-order chi connectivity index (χ1) is 10.9. The fraction of sp³-hybridized carbons (Fsp3) is 0.125. The van der Waals surface area contributed by atoms with Crippen LogP contribution in [0.25, 0.3) is 0 Å². The van der Waals surface area contributed by atoms with E-state index in [1.807, 2.05) is 0 Å². The van der Waals surface area contributed by atoms with Crippen LogP contribution in [0, 0.1) is 0 Å². The molecule has 0 amide bonds. The highest BCUT2D eigenvalue weighted by atomic mass is 32.2. The van der Waals surface area contributed by atoms with E-state index in [1.165, 1.54) is 30.8 Å². The lowest BCUT2D eigenvalue weighted by Gasteiger charge is -2.08. The normalized spacial score (nSPS) is 12.0. The average Bonchev–Trinajstić information content (AvgIpc) is 2.55. The Morgan fingerprint density at radius 1 is 1.04 bits per heavy atom. The zero-order valence-corrected chi connectivity index (χ0v) is 14.3. The van der Waals surface area contributed by atoms with Crippen molar-refractivity contribution >= 4 is 38.4 Å². The first-order valence-electron chi connectivity index (χ1n) is 6.74. The molecule has 0 unspecified atom stereocenters. The van der Waals surface area contributed by atoms with E-state index in [4.69, 9.17) is 0 Å². The molecule has 0 fully saturated rings. The number of ketones is 1. The Morgan fingerprint density at radius 2 is 1.65 bits per heavy atom. The first-order valence-corrected chi connectivity index (χ1v) is 9.41. The number of hydrogen-bond acceptors (Lipinski definition) is 4. The fourth-order valence-electron chi connectivity index (χ4n) is 1.78. The molecular formula is C16H16N2O3S2. The maximum Gasteiger partial charge on any atom is 0.284 e. The maximum atomic E-state index is 12.2. The molecule has 0 heterocycles. The second kappa shape index (κ2) is 7.43. The van der Waals surface area contributed by atoms with Gasteiger partial charge < -0.3 is 5.32 Å². The summed E-state index contributed by atoms with van der Waals surface area (Å²) >= 11 is 1.19. The van der Waals surface area contributed by atoms with Crippen LogP contribution in [-0.4, -0.2) is 25.6 Å². The van der Waals surface area contributed by atoms with Crippen LogP contribution >= 0.6 is 11.8 Å². The summed E-state index contributed by atoms with van der Waals surface area (Å²) in [6.45, 7) is 1.49. The second-order valence-corrected chi connectivity index (χ2v) is 7.05. The average molecular weight is 348 g/mol. The molecule has 5 nitrogen and oxygen atoms in total. The van der Waals surface area contributed by atoms with Crippen molar-refractivity contribution in [3.8, 4) is 0 Å². The molecule has 7 heteroatoms. The van der Waals surface area contributed by atoms with Crippen LogP contribution in [0.15, 0.2) is 63.9 Å². The molecular weight excluding hydrogens is 332 g/mol. The molecule has 2 rings (SSSR count). The minimum Gasteiger partial charge on any atom is -0.334 e. The molecule has 0 radical (unpaired) electrons. The molecule has 0 bridgehead atoms. The number of hydrogen-bond donors (Lipinski definition) is 1. The van der Waals surface area contributed by atoms with Crippen molar-refractivity contribution in [1.82, 2.24) is 0 Å². The van der Waals surface area contributed by atoms with Gasteiger partial charge in [0.2, 0.25) is 0 Å². The summed E-state index contributed by atoms with van der Waals surface area (Å²) in [6, 6.07) is 14.8. The monoisotopic (exact) mass is 348 g/mol. The predicted octanol–water partition coefficient (Wildman–Crippen LogP) is 3.41. The summed E-state index contributed by atoms with van der Waals surface area (Å²) in [7, 11) is -3.76. The van der Waals surface area contributed by atoms with E-state index in [-0.39, 0.29) is 15.8 Å². The number of nitrogens with one attached hydrogen (secondary N) is 1. The molecule has 120 valence electrons. The van der Waals surface area contributed by atoms with Gasteiger partial charge in [0.25, 0.3) is 10.0 Å². The molecule has 23 heavy (non-hydrogen) atoms. The van der Waals surface area contributed by atoms with E-state index in [1.54, 1.807) is 48.7 Å². The summed E-state index contributed by atoms with van der Waals surface area (Å²) in [5.41, 5.74) is 1.25. The van der Waals surface area contributed by atoms with Gasteiger partial charge in [-0.15, -0.1) is 4.40 Å². The zero-order chi connectivity index (χ0) is 16.9. The van der Waals surface area contributed by atoms with E-state index >= 15 is 0 Å². The molecule has 0 aliphatic heterocycles. The summed E-state index contributed by atoms with van der Waals surface area (Å²) < 4.78 is 28.3. The van der Waals surface area contributed by atoms with E-state index < -0.39 is 10.0 Å². The van der Waals surface area contributed by atoms with Crippen molar-refractivity contribution < 1.29 is 13.2 Å². The maximum absolute atomic E-state index is 12.2. The van der Waals surface area contributed by atoms with Gasteiger partial charge in [-0.25, -0.2) is 0 Å². The molecule has 0 saturated carbocycles. The molecule has 2 aromatic carbocycles. The summed E-state index contributed by atoms with van der Waals surface area (Å²) in [6.07, 6.45) is 1.73. The van der Waals surface area contributed by atoms with Gasteiger partial charge in [0.1, 0.15) is 0 Å². The van der Waals surface area contributed by atoms with Gasteiger partial charge in [0.05, 0.1) is 4.90 Å². The van der Waals surface area contributed by atoms with E-state index in [2.05, 4.69) is 9.71 Å². The highest BCUT2D eigenvalue weighted by Crippen LogP contribution is 2.16. The van der Waals surface area contributed by atoms with Crippen LogP contribution in [0.3, 0.4) is 0 Å². The van der Waals surface area contributed by atoms with Crippen molar-refractivity contribution in [3.63, 3.8) is 0 Å². The van der Waals surface area contributed by atoms with Crippen molar-refractivity contribution in [3.05, 3.63) is 60.2 Å². The number of carbonyl (C=O) groups is 1. The van der Waals surface area contributed by atoms with Gasteiger partial charge in [0.15, 0.2) is 11.0 Å². The SMILES string of the molecule is CSC(=NS(=O)(=O)c1ccccc1)Nc1ccc(C(C)=O)cc1. The Labute approximate surface area is 139 Å². The second-order valence-electron chi connectivity index (χ2n) is 4.65. The third kappa shape index (κ3) is 4.67. The predicted molar refractivity (Wildman–Crippen MR) is 94.6 cm³/mol. The van der Waals surface area contributed by atoms with Gasteiger partial charge in [-0.2, -0.15) is 8.42 Å². The lowest BCUT2D eigenvalue weighted by molar-refractivity contribution is 0.101. The summed E-state index contributed by atoms with van der Waals surface area (Å²) in [5.74, 6) is -0.0260. The molecule has 0 aliphatic rings. The highest BCUT2D eigenvalue weighted by molar-refractivity contribution is 8.14. The molecule has 0 aromatic heterocycles. The quantitative estimate of drug-likeness (QED) is 0.520. The van der Waals surface area contributed by atoms with Crippen molar-refractivity contribution in [2.75, 3.05) is 11.6 Å². The van der Waals surface area contributed by atoms with Crippen LogP contribution in [0.1, 0.15) is 17.3 Å². The smallest absolute Gasteiger partial charge is 0.284 e. The minimum atomic E-state index is -3.76. The molecule has 0 aliphatic carbocycles. The standard InChI is InChI=1S/C16H16N2O3S2/c1-12(19)13-8-10-14(11-9-13)17-16(22-2)18-23(20,21)15-6-4-3-5-7-15/h3-11H,1-2H3,(H,17,18). The number of anilines is 1. The number of amidine groups is 1. The Hall–Kier alpha value is -2.12. The fourth-order valence-corrected chi connectivity index (χ4v) is 3.46. The third-order valence-corrected chi connectivity index (χ3v) is 4.97. The van der Waals surface area contributed by atoms with Crippen molar-refractivity contribution in [2.45, 2.75) is 11.8 Å². The largest absolute Gasteiger partial charge is 0.334 e. The Bertz CT molecular complexity index is 814. The summed E-state index contributed by atoms with van der Waals surface area (Å²) in [5, 5.41) is 3.20. The Kier molecular flexibility index (Phi) is 5.57. The minimum absolute atomic E-state index is 0.0260. The lowest BCUT2D eigenvalue weighted by Crippen LogP contribution is -2.11. The van der Waals surface area contributed by atoms with Crippen LogP contribution < -0.4 is 5.32 Å². The van der Waals surface area contributed by atoms with Crippen LogP contribution in [-0.2, 0) is 10.0 Å². The Balaban J connectivity index is 2.24. The first kappa shape index (κ1) is 17.2. The van der Waals surface area contributed by atoms with Gasteiger partial charge in [-0.05, 0) is 49.6 Å². The van der Waals surface area contributed by atoms with Gasteiger partial charge in [-0.3, -0.25) is 4.79 Å². The molecule has 1 N–H and O–H groups in total. The van der Waals surface area contributed by atoms with E-state index in [0.717, 1.165) is 0 Å². The van der Waals surface area contributed by atoms with Gasteiger partial charge in [0, 0.05) is 11.3 Å². The van der Waals surface area contributed by atoms with Gasteiger partial charge >= 0.3 is 0 Å². The topological polar surface area (TPSA) is 75.6 Å². The number of nitrogens with zero attached hydrogens (tertiary/aromatic N) is 1. The van der Waals surface area contributed by atoms with Crippen LogP contribution in [0.5, 0.6) is 0 Å². The Morgan fingerprint density at radius 3 is 2.17 bits per heavy atom. The number of sulfonamides is 1. The lowest BCUT2D eigenvalue weighted by atomic mass is 10.1. The van der Waals surface area contributed by atoms with Gasteiger partial charge in [-0.1, -0.05) is 30.0 Å². The van der Waals surface area contributed by atoms with Crippen molar-refractivity contribution in [1.29, 1.82) is 0 Å². The van der Waals surface area contributed by atoms with Crippen molar-refractivity contribution in [2.24, 2.45) is 4.40 Å². The highest BCUT2D eigenvalue weighted by Gasteiger charge is 2.13. The molecule has 2 aromatic rings. The third-order valence-electron chi connectivity index (χ3n) is 2.98. The summed E-state index contributed by atoms with van der Waals surface area (Å²) in [4.78, 5) is 11.4. The van der Waals surface area contributed by atoms with E-state index in [0.29, 0.717) is 11.3 Å². The number of Topliss-reactive ketones (excluding diaryl/α,β-unsaturated/α-hetero) is 1. The van der Waals surface area contributed by atoms with E-state index in [9.17, 15) is 13.2 Å². The number of rotatable bonds is 4. The molecule has 0 spiro atoms. The van der Waals surface area contributed by atoms with Crippen LogP contribution in [0.4, 0.5) is 5.69 Å². The number of benzene rings is 2. The molecule has 0 atom stereocenters.